The summed E-state index contributed by atoms with van der Waals surface area (Å²) in [6.45, 7) is 1.93. The second kappa shape index (κ2) is 7.38. The highest BCUT2D eigenvalue weighted by Crippen LogP contribution is 2.19. The number of hydrogen-bond acceptors (Lipinski definition) is 4. The second-order valence-corrected chi connectivity index (χ2v) is 6.77. The second-order valence-electron chi connectivity index (χ2n) is 4.54. The summed E-state index contributed by atoms with van der Waals surface area (Å²) in [5, 5.41) is 10.7. The molecule has 0 unspecified atom stereocenters. The monoisotopic (exact) mass is 307 g/mol. The van der Waals surface area contributed by atoms with Gasteiger partial charge in [0.1, 0.15) is 0 Å². The molecule has 2 heterocycles. The average Bonchev–Trinajstić information content (AvgIpc) is 3.05. The third-order valence-electron chi connectivity index (χ3n) is 2.82. The zero-order valence-corrected chi connectivity index (χ0v) is 12.9. The van der Waals surface area contributed by atoms with E-state index < -0.39 is 5.97 Å². The Bertz CT molecular complexity index is 572. The molecule has 0 radical (unpaired) electrons. The van der Waals surface area contributed by atoms with Crippen LogP contribution in [0.3, 0.4) is 0 Å². The number of likely N-dealkylation sites (N-methyl/N-ethyl adjacent to an activating group) is 1. The van der Waals surface area contributed by atoms with E-state index in [1.54, 1.807) is 28.7 Å². The summed E-state index contributed by atoms with van der Waals surface area (Å²) >= 11 is 3.43. The van der Waals surface area contributed by atoms with Crippen molar-refractivity contribution in [2.75, 3.05) is 13.6 Å². The van der Waals surface area contributed by atoms with Crippen LogP contribution in [0.2, 0.25) is 0 Å². The molecule has 1 N–H and O–H groups in total. The van der Waals surface area contributed by atoms with Gasteiger partial charge in [0.2, 0.25) is 0 Å². The molecule has 0 saturated heterocycles. The normalized spacial score (nSPS) is 11.5. The van der Waals surface area contributed by atoms with Crippen LogP contribution in [0.5, 0.6) is 0 Å². The zero-order chi connectivity index (χ0) is 14.4. The summed E-state index contributed by atoms with van der Waals surface area (Å²) in [5.41, 5.74) is 0. The van der Waals surface area contributed by atoms with E-state index in [9.17, 15) is 4.79 Å². The molecule has 5 heteroatoms. The maximum atomic E-state index is 10.5. The minimum atomic E-state index is -0.909. The molecular formula is C15H17NO2S2. The summed E-state index contributed by atoms with van der Waals surface area (Å²) in [7, 11) is 2.11. The molecule has 0 spiro atoms. The van der Waals surface area contributed by atoms with Crippen LogP contribution in [0, 0.1) is 0 Å². The molecule has 0 aliphatic carbocycles. The van der Waals surface area contributed by atoms with Crippen molar-refractivity contribution in [1.82, 2.24) is 4.90 Å². The summed E-state index contributed by atoms with van der Waals surface area (Å²) in [6, 6.07) is 8.28. The molecule has 0 aromatic carbocycles. The van der Waals surface area contributed by atoms with Crippen molar-refractivity contribution in [3.63, 3.8) is 0 Å². The van der Waals surface area contributed by atoms with E-state index in [-0.39, 0.29) is 0 Å². The Morgan fingerprint density at radius 3 is 2.90 bits per heavy atom. The summed E-state index contributed by atoms with van der Waals surface area (Å²) in [4.78, 5) is 16.4. The fraction of sp³-hybridized carbons (Fsp3) is 0.267. The van der Waals surface area contributed by atoms with Gasteiger partial charge in [-0.25, -0.2) is 4.79 Å². The Morgan fingerprint density at radius 1 is 1.35 bits per heavy atom. The van der Waals surface area contributed by atoms with Crippen molar-refractivity contribution in [1.29, 1.82) is 0 Å². The summed E-state index contributed by atoms with van der Waals surface area (Å²) in [5.74, 6) is -0.909. The number of nitrogens with zero attached hydrogens (tertiary/aromatic N) is 1. The van der Waals surface area contributed by atoms with E-state index >= 15 is 0 Å². The number of carbonyl (C=O) groups is 1. The molecule has 2 rings (SSSR count). The molecule has 0 fully saturated rings. The third-order valence-corrected chi connectivity index (χ3v) is 4.79. The van der Waals surface area contributed by atoms with E-state index in [1.807, 2.05) is 6.07 Å². The molecule has 0 amide bonds. The largest absolute Gasteiger partial charge is 0.478 e. The summed E-state index contributed by atoms with van der Waals surface area (Å²) < 4.78 is 0. The van der Waals surface area contributed by atoms with Gasteiger partial charge in [0.25, 0.3) is 0 Å². The lowest BCUT2D eigenvalue weighted by molar-refractivity contribution is -0.131. The maximum absolute atomic E-state index is 10.5. The summed E-state index contributed by atoms with van der Waals surface area (Å²) in [6.07, 6.45) is 3.89. The highest BCUT2D eigenvalue weighted by Gasteiger charge is 2.04. The van der Waals surface area contributed by atoms with E-state index in [2.05, 4.69) is 35.5 Å². The maximum Gasteiger partial charge on any atom is 0.328 e. The van der Waals surface area contributed by atoms with Crippen molar-refractivity contribution in [2.45, 2.75) is 13.0 Å². The SMILES string of the molecule is CN(CCc1cccs1)Cc1ccc(C=CC(=O)O)s1. The topological polar surface area (TPSA) is 40.5 Å². The zero-order valence-electron chi connectivity index (χ0n) is 11.3. The van der Waals surface area contributed by atoms with E-state index in [0.29, 0.717) is 0 Å². The molecular weight excluding hydrogens is 290 g/mol. The van der Waals surface area contributed by atoms with Gasteiger partial charge in [0.15, 0.2) is 0 Å². The van der Waals surface area contributed by atoms with Crippen molar-refractivity contribution in [2.24, 2.45) is 0 Å². The van der Waals surface area contributed by atoms with Gasteiger partial charge in [0.05, 0.1) is 0 Å². The third kappa shape index (κ3) is 4.92. The Balaban J connectivity index is 1.82. The number of thiophene rings is 2. The molecule has 0 atom stereocenters. The quantitative estimate of drug-likeness (QED) is 0.795. The van der Waals surface area contributed by atoms with Crippen LogP contribution in [-0.4, -0.2) is 29.6 Å². The number of hydrogen-bond donors (Lipinski definition) is 1. The molecule has 2 aromatic rings. The first kappa shape index (κ1) is 15.0. The van der Waals surface area contributed by atoms with Crippen molar-refractivity contribution < 1.29 is 9.90 Å². The molecule has 106 valence electrons. The first-order chi connectivity index (χ1) is 9.63. The van der Waals surface area contributed by atoms with Crippen LogP contribution in [-0.2, 0) is 17.8 Å². The molecule has 0 saturated carbocycles. The van der Waals surface area contributed by atoms with Crippen LogP contribution in [0.4, 0.5) is 0 Å². The fourth-order valence-corrected chi connectivity index (χ4v) is 3.52. The van der Waals surface area contributed by atoms with Gasteiger partial charge >= 0.3 is 5.97 Å². The Kier molecular flexibility index (Phi) is 5.52. The van der Waals surface area contributed by atoms with Crippen LogP contribution in [0.25, 0.3) is 6.08 Å². The number of rotatable bonds is 7. The average molecular weight is 307 g/mol. The van der Waals surface area contributed by atoms with Gasteiger partial charge in [0, 0.05) is 33.8 Å². The smallest absolute Gasteiger partial charge is 0.328 e. The Labute approximate surface area is 126 Å². The molecule has 0 bridgehead atoms. The molecule has 2 aromatic heterocycles. The molecule has 0 aliphatic rings. The van der Waals surface area contributed by atoms with Gasteiger partial charge in [-0.2, -0.15) is 0 Å². The lowest BCUT2D eigenvalue weighted by atomic mass is 10.3. The number of carboxylic acid groups (broad SMARTS) is 1. The first-order valence-corrected chi connectivity index (χ1v) is 8.04. The van der Waals surface area contributed by atoms with Crippen LogP contribution in [0.15, 0.2) is 35.7 Å². The standard InChI is InChI=1S/C15H17NO2S2/c1-16(9-8-12-3-2-10-19-12)11-14-5-4-13(20-14)6-7-15(17)18/h2-7,10H,8-9,11H2,1H3,(H,17,18). The minimum Gasteiger partial charge on any atom is -0.478 e. The molecule has 0 aliphatic heterocycles. The lowest BCUT2D eigenvalue weighted by Crippen LogP contribution is -2.19. The van der Waals surface area contributed by atoms with Crippen LogP contribution < -0.4 is 0 Å². The minimum absolute atomic E-state index is 0.900. The highest BCUT2D eigenvalue weighted by atomic mass is 32.1. The van der Waals surface area contributed by atoms with Gasteiger partial charge in [-0.1, -0.05) is 6.07 Å². The number of carboxylic acids is 1. The van der Waals surface area contributed by atoms with Gasteiger partial charge in [-0.15, -0.1) is 22.7 Å². The Hall–Kier alpha value is -1.43. The van der Waals surface area contributed by atoms with Crippen molar-refractivity contribution in [3.8, 4) is 0 Å². The number of aliphatic carboxylic acids is 1. The van der Waals surface area contributed by atoms with Crippen LogP contribution in [0.1, 0.15) is 14.6 Å². The highest BCUT2D eigenvalue weighted by molar-refractivity contribution is 7.12. The van der Waals surface area contributed by atoms with E-state index in [0.717, 1.165) is 24.4 Å². The molecule has 20 heavy (non-hydrogen) atoms. The first-order valence-electron chi connectivity index (χ1n) is 6.34. The molecule has 3 nitrogen and oxygen atoms in total. The van der Waals surface area contributed by atoms with E-state index in [4.69, 9.17) is 5.11 Å². The van der Waals surface area contributed by atoms with E-state index in [1.165, 1.54) is 15.8 Å². The Morgan fingerprint density at radius 2 is 2.20 bits per heavy atom. The van der Waals surface area contributed by atoms with Gasteiger partial charge < -0.3 is 10.0 Å². The predicted molar refractivity (Wildman–Crippen MR) is 85.3 cm³/mol. The van der Waals surface area contributed by atoms with Crippen molar-refractivity contribution in [3.05, 3.63) is 50.4 Å². The fourth-order valence-electron chi connectivity index (χ4n) is 1.82. The van der Waals surface area contributed by atoms with Crippen molar-refractivity contribution >= 4 is 34.7 Å². The van der Waals surface area contributed by atoms with Gasteiger partial charge in [-0.3, -0.25) is 0 Å². The lowest BCUT2D eigenvalue weighted by Gasteiger charge is -2.14. The van der Waals surface area contributed by atoms with Crippen LogP contribution >= 0.6 is 22.7 Å². The van der Waals surface area contributed by atoms with Gasteiger partial charge in [-0.05, 0) is 43.1 Å². The predicted octanol–water partition coefficient (Wildman–Crippen LogP) is 3.58.